The Balaban J connectivity index is 1.72. The van der Waals surface area contributed by atoms with Crippen LogP contribution in [0.15, 0.2) is 18.5 Å². The van der Waals surface area contributed by atoms with Gasteiger partial charge in [-0.2, -0.15) is 0 Å². The highest BCUT2D eigenvalue weighted by Gasteiger charge is 2.60. The fourth-order valence-corrected chi connectivity index (χ4v) is 3.14. The van der Waals surface area contributed by atoms with Gasteiger partial charge in [0.25, 0.3) is 11.8 Å². The molecule has 5 nitrogen and oxygen atoms in total. The molecule has 1 aromatic heterocycles. The van der Waals surface area contributed by atoms with Crippen molar-refractivity contribution >= 4 is 11.8 Å². The normalized spacial score (nSPS) is 33.9. The van der Waals surface area contributed by atoms with Crippen molar-refractivity contribution in [2.45, 2.75) is 6.04 Å². The molecular formula is C12H11N3O2. The maximum Gasteiger partial charge on any atom is 0.263 e. The summed E-state index contributed by atoms with van der Waals surface area (Å²) in [5, 5.41) is 3.26. The van der Waals surface area contributed by atoms with Crippen LogP contribution in [0.25, 0.3) is 0 Å². The van der Waals surface area contributed by atoms with Crippen LogP contribution < -0.4 is 5.32 Å². The van der Waals surface area contributed by atoms with Crippen LogP contribution in [0, 0.1) is 11.8 Å². The van der Waals surface area contributed by atoms with Crippen LogP contribution in [-0.2, 0) is 0 Å². The monoisotopic (exact) mass is 229 g/mol. The molecule has 2 aliphatic heterocycles. The molecular weight excluding hydrogens is 218 g/mol. The van der Waals surface area contributed by atoms with E-state index in [1.54, 1.807) is 12.3 Å². The predicted molar refractivity (Wildman–Crippen MR) is 58.4 cm³/mol. The standard InChI is InChI=1S/C12H11N3O2/c16-11-6-1-2-13-5-9(6)12(17)15(11)10-7-3-14-4-8(7)10/h1-2,5,7-8,10,14H,3-4H2. The number of hydrogen-bond acceptors (Lipinski definition) is 4. The first-order valence-electron chi connectivity index (χ1n) is 5.81. The molecule has 2 atom stereocenters. The van der Waals surface area contributed by atoms with Crippen molar-refractivity contribution in [3.63, 3.8) is 0 Å². The molecule has 0 aromatic carbocycles. The summed E-state index contributed by atoms with van der Waals surface area (Å²) in [4.78, 5) is 29.7. The van der Waals surface area contributed by atoms with Gasteiger partial charge in [-0.05, 0) is 17.9 Å². The Morgan fingerprint density at radius 1 is 1.18 bits per heavy atom. The third kappa shape index (κ3) is 1.04. The van der Waals surface area contributed by atoms with Gasteiger partial charge >= 0.3 is 0 Å². The molecule has 86 valence electrons. The van der Waals surface area contributed by atoms with Gasteiger partial charge < -0.3 is 5.32 Å². The van der Waals surface area contributed by atoms with E-state index in [1.807, 2.05) is 0 Å². The number of carbonyl (C=O) groups is 2. The summed E-state index contributed by atoms with van der Waals surface area (Å²) >= 11 is 0. The van der Waals surface area contributed by atoms with E-state index in [-0.39, 0.29) is 17.9 Å². The van der Waals surface area contributed by atoms with Gasteiger partial charge in [-0.25, -0.2) is 0 Å². The molecule has 1 aromatic rings. The summed E-state index contributed by atoms with van der Waals surface area (Å²) in [6.07, 6.45) is 3.05. The van der Waals surface area contributed by atoms with E-state index in [4.69, 9.17) is 0 Å². The second-order valence-electron chi connectivity index (χ2n) is 4.88. The van der Waals surface area contributed by atoms with Gasteiger partial charge in [0.15, 0.2) is 0 Å². The van der Waals surface area contributed by atoms with Crippen molar-refractivity contribution in [3.8, 4) is 0 Å². The van der Waals surface area contributed by atoms with Crippen molar-refractivity contribution in [3.05, 3.63) is 29.6 Å². The molecule has 0 radical (unpaired) electrons. The number of fused-ring (bicyclic) bond motifs is 2. The number of piperidine rings is 1. The molecule has 0 bridgehead atoms. The van der Waals surface area contributed by atoms with Crippen LogP contribution in [0.3, 0.4) is 0 Å². The number of hydrogen-bond donors (Lipinski definition) is 1. The zero-order valence-electron chi connectivity index (χ0n) is 9.09. The van der Waals surface area contributed by atoms with E-state index in [0.29, 0.717) is 23.0 Å². The molecule has 1 saturated heterocycles. The summed E-state index contributed by atoms with van der Waals surface area (Å²) in [5.41, 5.74) is 0.957. The molecule has 1 aliphatic carbocycles. The predicted octanol–water partition coefficient (Wildman–Crippen LogP) is -0.105. The maximum absolute atomic E-state index is 12.2. The SMILES string of the molecule is O=C1c2ccncc2C(=O)N1C1C2CNCC21. The molecule has 4 rings (SSSR count). The van der Waals surface area contributed by atoms with Gasteiger partial charge in [-0.3, -0.25) is 19.5 Å². The zero-order chi connectivity index (χ0) is 11.6. The molecule has 2 unspecified atom stereocenters. The highest BCUT2D eigenvalue weighted by Crippen LogP contribution is 2.47. The second-order valence-corrected chi connectivity index (χ2v) is 4.88. The van der Waals surface area contributed by atoms with Gasteiger partial charge in [0, 0.05) is 31.5 Å². The summed E-state index contributed by atoms with van der Waals surface area (Å²) in [5.74, 6) is 0.611. The lowest BCUT2D eigenvalue weighted by molar-refractivity contribution is 0.0624. The quantitative estimate of drug-likeness (QED) is 0.683. The van der Waals surface area contributed by atoms with E-state index >= 15 is 0 Å². The maximum atomic E-state index is 12.2. The Morgan fingerprint density at radius 3 is 2.59 bits per heavy atom. The first-order chi connectivity index (χ1) is 8.29. The smallest absolute Gasteiger partial charge is 0.263 e. The topological polar surface area (TPSA) is 62.3 Å². The van der Waals surface area contributed by atoms with Gasteiger partial charge in [-0.1, -0.05) is 0 Å². The molecule has 0 spiro atoms. The van der Waals surface area contributed by atoms with E-state index < -0.39 is 0 Å². The van der Waals surface area contributed by atoms with Gasteiger partial charge in [0.1, 0.15) is 0 Å². The minimum Gasteiger partial charge on any atom is -0.316 e. The van der Waals surface area contributed by atoms with Gasteiger partial charge in [0.05, 0.1) is 11.1 Å². The Morgan fingerprint density at radius 2 is 1.88 bits per heavy atom. The van der Waals surface area contributed by atoms with Crippen molar-refractivity contribution in [1.82, 2.24) is 15.2 Å². The fraction of sp³-hybridized carbons (Fsp3) is 0.417. The number of aromatic nitrogens is 1. The zero-order valence-corrected chi connectivity index (χ0v) is 9.09. The van der Waals surface area contributed by atoms with E-state index in [9.17, 15) is 9.59 Å². The van der Waals surface area contributed by atoms with Crippen molar-refractivity contribution < 1.29 is 9.59 Å². The van der Waals surface area contributed by atoms with Crippen LogP contribution in [-0.4, -0.2) is 40.8 Å². The average molecular weight is 229 g/mol. The lowest BCUT2D eigenvalue weighted by Crippen LogP contribution is -2.37. The van der Waals surface area contributed by atoms with E-state index in [0.717, 1.165) is 13.1 Å². The van der Waals surface area contributed by atoms with Crippen LogP contribution in [0.5, 0.6) is 0 Å². The molecule has 17 heavy (non-hydrogen) atoms. The Labute approximate surface area is 97.8 Å². The molecule has 3 heterocycles. The molecule has 1 saturated carbocycles. The molecule has 5 heteroatoms. The third-order valence-corrected chi connectivity index (χ3v) is 4.06. The van der Waals surface area contributed by atoms with E-state index in [1.165, 1.54) is 11.1 Å². The Hall–Kier alpha value is -1.75. The van der Waals surface area contributed by atoms with Crippen LogP contribution >= 0.6 is 0 Å². The molecule has 2 fully saturated rings. The van der Waals surface area contributed by atoms with Crippen molar-refractivity contribution in [1.29, 1.82) is 0 Å². The number of rotatable bonds is 1. The lowest BCUT2D eigenvalue weighted by Gasteiger charge is -2.16. The minimum atomic E-state index is -0.169. The number of nitrogens with zero attached hydrogens (tertiary/aromatic N) is 2. The number of nitrogens with one attached hydrogen (secondary N) is 1. The van der Waals surface area contributed by atoms with Crippen LogP contribution in [0.2, 0.25) is 0 Å². The van der Waals surface area contributed by atoms with E-state index in [2.05, 4.69) is 10.3 Å². The highest BCUT2D eigenvalue weighted by atomic mass is 16.2. The number of carbonyl (C=O) groups excluding carboxylic acids is 2. The number of amides is 2. The fourth-order valence-electron chi connectivity index (χ4n) is 3.14. The van der Waals surface area contributed by atoms with Gasteiger partial charge in [-0.15, -0.1) is 0 Å². The summed E-state index contributed by atoms with van der Waals surface area (Å²) in [7, 11) is 0. The minimum absolute atomic E-state index is 0.114. The highest BCUT2D eigenvalue weighted by molar-refractivity contribution is 6.21. The second kappa shape index (κ2) is 2.92. The Kier molecular flexibility index (Phi) is 1.60. The summed E-state index contributed by atoms with van der Waals surface area (Å²) in [6.45, 7) is 1.84. The summed E-state index contributed by atoms with van der Waals surface area (Å²) in [6, 6.07) is 1.75. The first-order valence-corrected chi connectivity index (χ1v) is 5.81. The van der Waals surface area contributed by atoms with Crippen LogP contribution in [0.1, 0.15) is 20.7 Å². The first kappa shape index (κ1) is 9.30. The molecule has 2 amide bonds. The summed E-state index contributed by atoms with van der Waals surface area (Å²) < 4.78 is 0. The van der Waals surface area contributed by atoms with Crippen molar-refractivity contribution in [2.24, 2.45) is 11.8 Å². The molecule has 1 N–H and O–H groups in total. The van der Waals surface area contributed by atoms with Gasteiger partial charge in [0.2, 0.25) is 0 Å². The Bertz CT molecular complexity index is 497. The lowest BCUT2D eigenvalue weighted by atomic mass is 10.2. The van der Waals surface area contributed by atoms with Crippen molar-refractivity contribution in [2.75, 3.05) is 13.1 Å². The number of pyridine rings is 1. The largest absolute Gasteiger partial charge is 0.316 e. The average Bonchev–Trinajstić information content (AvgIpc) is 2.74. The third-order valence-electron chi connectivity index (χ3n) is 4.06. The number of imide groups is 1. The molecule has 3 aliphatic rings. The van der Waals surface area contributed by atoms with Crippen LogP contribution in [0.4, 0.5) is 0 Å².